The Morgan fingerprint density at radius 1 is 1.00 bits per heavy atom. The monoisotopic (exact) mass is 643 g/mol. The lowest BCUT2D eigenvalue weighted by Crippen LogP contribution is -2.40. The van der Waals surface area contributed by atoms with Crippen LogP contribution in [0.1, 0.15) is 41.5 Å². The number of carbonyl (C=O) groups excluding carboxylic acids is 2. The summed E-state index contributed by atoms with van der Waals surface area (Å²) >= 11 is 2.11. The van der Waals surface area contributed by atoms with E-state index in [0.717, 1.165) is 9.83 Å². The van der Waals surface area contributed by atoms with Crippen LogP contribution in [0.2, 0.25) is 0 Å². The number of nitrogens with zero attached hydrogens (tertiary/aromatic N) is 3. The minimum absolute atomic E-state index is 0.00197. The van der Waals surface area contributed by atoms with E-state index in [2.05, 4.69) is 27.6 Å². The predicted molar refractivity (Wildman–Crippen MR) is 150 cm³/mol. The number of sulfonamides is 1. The van der Waals surface area contributed by atoms with E-state index in [1.54, 1.807) is 66.1 Å². The largest absolute Gasteiger partial charge is 0.495 e. The van der Waals surface area contributed by atoms with E-state index in [1.807, 2.05) is 6.07 Å². The van der Waals surface area contributed by atoms with Crippen molar-refractivity contribution in [2.45, 2.75) is 52.7 Å². The van der Waals surface area contributed by atoms with Gasteiger partial charge < -0.3 is 14.2 Å². The van der Waals surface area contributed by atoms with Crippen LogP contribution in [0, 0.1) is 3.57 Å². The topological polar surface area (TPSA) is 117 Å². The molecule has 0 spiro atoms. The summed E-state index contributed by atoms with van der Waals surface area (Å²) < 4.78 is 44.2. The molecule has 3 aromatic rings. The van der Waals surface area contributed by atoms with Gasteiger partial charge in [0.05, 0.1) is 13.4 Å². The van der Waals surface area contributed by atoms with Crippen LogP contribution < -0.4 is 9.04 Å². The van der Waals surface area contributed by atoms with Gasteiger partial charge in [-0.3, -0.25) is 0 Å². The Bertz CT molecular complexity index is 1470. The summed E-state index contributed by atoms with van der Waals surface area (Å²) in [5, 5.41) is 0.702. The zero-order valence-corrected chi connectivity index (χ0v) is 24.9. The maximum atomic E-state index is 12.9. The molecule has 2 aromatic heterocycles. The molecular formula is C25H30IN3O7S. The van der Waals surface area contributed by atoms with Crippen molar-refractivity contribution in [1.82, 2.24) is 9.55 Å². The number of rotatable bonds is 4. The summed E-state index contributed by atoms with van der Waals surface area (Å²) in [6, 6.07) is 6.63. The molecule has 0 atom stereocenters. The van der Waals surface area contributed by atoms with Gasteiger partial charge in [-0.25, -0.2) is 27.6 Å². The van der Waals surface area contributed by atoms with Crippen molar-refractivity contribution in [1.29, 1.82) is 0 Å². The second kappa shape index (κ2) is 10.1. The van der Waals surface area contributed by atoms with Gasteiger partial charge in [0.1, 0.15) is 22.6 Å². The number of fused-ring (bicyclic) bond motifs is 1. The van der Waals surface area contributed by atoms with E-state index in [1.165, 1.54) is 17.7 Å². The number of hydrogen-bond acceptors (Lipinski definition) is 8. The Labute approximate surface area is 230 Å². The molecule has 10 nitrogen and oxygen atoms in total. The number of ether oxygens (including phenoxy) is 3. The number of aromatic nitrogens is 2. The molecule has 200 valence electrons. The van der Waals surface area contributed by atoms with Gasteiger partial charge in [-0.2, -0.15) is 4.31 Å². The molecule has 0 unspecified atom stereocenters. The molecule has 0 aliphatic carbocycles. The Morgan fingerprint density at radius 3 is 2.16 bits per heavy atom. The number of methoxy groups -OCH3 is 1. The third-order valence-electron chi connectivity index (χ3n) is 4.81. The normalized spacial score (nSPS) is 12.4. The predicted octanol–water partition coefficient (Wildman–Crippen LogP) is 5.80. The number of anilines is 1. The number of halogens is 1. The molecule has 37 heavy (non-hydrogen) atoms. The van der Waals surface area contributed by atoms with E-state index in [0.29, 0.717) is 26.5 Å². The maximum Gasteiger partial charge on any atom is 0.429 e. The zero-order chi connectivity index (χ0) is 27.9. The Morgan fingerprint density at radius 2 is 1.62 bits per heavy atom. The van der Waals surface area contributed by atoms with Crippen LogP contribution in [0.3, 0.4) is 0 Å². The molecule has 0 saturated heterocycles. The van der Waals surface area contributed by atoms with Crippen LogP contribution in [0.15, 0.2) is 36.7 Å². The third-order valence-corrected chi connectivity index (χ3v) is 6.68. The first-order valence-electron chi connectivity index (χ1n) is 11.2. The van der Waals surface area contributed by atoms with E-state index >= 15 is 0 Å². The van der Waals surface area contributed by atoms with Crippen LogP contribution in [0.5, 0.6) is 5.75 Å². The number of hydrogen-bond donors (Lipinski definition) is 0. The summed E-state index contributed by atoms with van der Waals surface area (Å²) in [7, 11) is -2.70. The van der Waals surface area contributed by atoms with E-state index in [-0.39, 0.29) is 11.4 Å². The first-order valence-corrected chi connectivity index (χ1v) is 14.2. The fourth-order valence-electron chi connectivity index (χ4n) is 3.42. The van der Waals surface area contributed by atoms with Crippen LogP contribution in [-0.2, 0) is 19.5 Å². The lowest BCUT2D eigenvalue weighted by Gasteiger charge is -2.27. The smallest absolute Gasteiger partial charge is 0.429 e. The minimum Gasteiger partial charge on any atom is -0.495 e. The Hall–Kier alpha value is -2.87. The molecular weight excluding hydrogens is 613 g/mol. The SMILES string of the molecule is COc1ccc(-c2cnc3c(c2)c(I)cn3C(=O)OC(C)(C)C)cc1N(C(=O)OC(C)(C)C)S(C)(=O)=O. The van der Waals surface area contributed by atoms with Crippen LogP contribution >= 0.6 is 22.6 Å². The first kappa shape index (κ1) is 28.7. The van der Waals surface area contributed by atoms with Crippen molar-refractivity contribution in [3.63, 3.8) is 0 Å². The van der Waals surface area contributed by atoms with Gasteiger partial charge in [0, 0.05) is 26.9 Å². The van der Waals surface area contributed by atoms with E-state index in [9.17, 15) is 18.0 Å². The highest BCUT2D eigenvalue weighted by Crippen LogP contribution is 2.36. The van der Waals surface area contributed by atoms with Crippen molar-refractivity contribution in [2.24, 2.45) is 0 Å². The number of amides is 1. The van der Waals surface area contributed by atoms with Gasteiger partial charge in [-0.15, -0.1) is 0 Å². The molecule has 12 heteroatoms. The standard InChI is InChI=1S/C25H30IN3O7S/c1-24(2,3)35-22(30)28-14-18(26)17-11-16(13-27-21(17)28)15-9-10-20(34-7)19(12-15)29(37(8,32)33)23(31)36-25(4,5)6/h9-14H,1-8H3. The number of pyridine rings is 1. The van der Waals surface area contributed by atoms with Crippen LogP contribution in [0.4, 0.5) is 15.3 Å². The average molecular weight is 644 g/mol. The van der Waals surface area contributed by atoms with Gasteiger partial charge >= 0.3 is 12.2 Å². The fourth-order valence-corrected chi connectivity index (χ4v) is 4.90. The minimum atomic E-state index is -4.08. The van der Waals surface area contributed by atoms with Crippen LogP contribution in [0.25, 0.3) is 22.2 Å². The van der Waals surface area contributed by atoms with Crippen molar-refractivity contribution < 1.29 is 32.2 Å². The summed E-state index contributed by atoms with van der Waals surface area (Å²) in [6.45, 7) is 10.3. The fraction of sp³-hybridized carbons (Fsp3) is 0.400. The molecule has 3 rings (SSSR count). The highest BCUT2D eigenvalue weighted by atomic mass is 127. The Kier molecular flexibility index (Phi) is 7.85. The van der Waals surface area contributed by atoms with E-state index in [4.69, 9.17) is 14.2 Å². The molecule has 2 heterocycles. The second-order valence-electron chi connectivity index (χ2n) is 10.3. The second-order valence-corrected chi connectivity index (χ2v) is 13.3. The molecule has 0 fully saturated rings. The first-order chi connectivity index (χ1) is 16.9. The highest BCUT2D eigenvalue weighted by Gasteiger charge is 2.33. The molecule has 1 aromatic carbocycles. The zero-order valence-electron chi connectivity index (χ0n) is 21.9. The van der Waals surface area contributed by atoms with Gasteiger partial charge in [0.15, 0.2) is 5.65 Å². The third kappa shape index (κ3) is 6.72. The molecule has 0 N–H and O–H groups in total. The molecule has 1 amide bonds. The van der Waals surface area contributed by atoms with Gasteiger partial charge in [0.25, 0.3) is 0 Å². The summed E-state index contributed by atoms with van der Waals surface area (Å²) in [5.74, 6) is 0.166. The lowest BCUT2D eigenvalue weighted by atomic mass is 10.1. The van der Waals surface area contributed by atoms with Gasteiger partial charge in [0.2, 0.25) is 10.0 Å². The summed E-state index contributed by atoms with van der Waals surface area (Å²) in [5.41, 5.74) is 0.0355. The van der Waals surface area contributed by atoms with Crippen LogP contribution in [-0.4, -0.2) is 54.7 Å². The van der Waals surface area contributed by atoms with Crippen molar-refractivity contribution in [2.75, 3.05) is 17.7 Å². The number of carbonyl (C=O) groups is 2. The Balaban J connectivity index is 2.13. The molecule has 0 aliphatic heterocycles. The molecule has 0 aliphatic rings. The molecule has 0 bridgehead atoms. The van der Waals surface area contributed by atoms with Crippen molar-refractivity contribution >= 4 is 61.5 Å². The summed E-state index contributed by atoms with van der Waals surface area (Å²) in [4.78, 5) is 30.1. The summed E-state index contributed by atoms with van der Waals surface area (Å²) in [6.07, 6.45) is 2.52. The van der Waals surface area contributed by atoms with E-state index < -0.39 is 33.4 Å². The average Bonchev–Trinajstić information content (AvgIpc) is 3.06. The van der Waals surface area contributed by atoms with Gasteiger partial charge in [-0.1, -0.05) is 6.07 Å². The molecule has 0 saturated carbocycles. The van der Waals surface area contributed by atoms with Gasteiger partial charge in [-0.05, 0) is 87.9 Å². The highest BCUT2D eigenvalue weighted by molar-refractivity contribution is 14.1. The number of benzene rings is 1. The lowest BCUT2D eigenvalue weighted by molar-refractivity contribution is 0.0541. The molecule has 0 radical (unpaired) electrons. The van der Waals surface area contributed by atoms with Crippen molar-refractivity contribution in [3.8, 4) is 16.9 Å². The van der Waals surface area contributed by atoms with Crippen molar-refractivity contribution in [3.05, 3.63) is 40.2 Å². The maximum absolute atomic E-state index is 12.9. The quantitative estimate of drug-likeness (QED) is 0.328.